The number of anilines is 2. The third-order valence-electron chi connectivity index (χ3n) is 4.02. The van der Waals surface area contributed by atoms with Crippen molar-refractivity contribution in [1.29, 1.82) is 0 Å². The van der Waals surface area contributed by atoms with Crippen LogP contribution >= 0.6 is 11.8 Å². The van der Waals surface area contributed by atoms with Gasteiger partial charge in [0.05, 0.1) is 18.2 Å². The molecule has 3 heterocycles. The molecule has 28 heavy (non-hydrogen) atoms. The van der Waals surface area contributed by atoms with Gasteiger partial charge in [-0.05, 0) is 6.92 Å². The van der Waals surface area contributed by atoms with E-state index in [9.17, 15) is 20.1 Å². The van der Waals surface area contributed by atoms with Gasteiger partial charge in [0.1, 0.15) is 23.2 Å². The van der Waals surface area contributed by atoms with Gasteiger partial charge in [-0.1, -0.05) is 18.3 Å². The van der Waals surface area contributed by atoms with Gasteiger partial charge >= 0.3 is 6.09 Å². The molecule has 0 saturated carbocycles. The van der Waals surface area contributed by atoms with Crippen LogP contribution in [0.15, 0.2) is 16.5 Å². The van der Waals surface area contributed by atoms with Gasteiger partial charge in [0.25, 0.3) is 0 Å². The van der Waals surface area contributed by atoms with Crippen molar-refractivity contribution in [2.24, 2.45) is 0 Å². The molecule has 0 aromatic carbocycles. The van der Waals surface area contributed by atoms with Crippen LogP contribution in [0.25, 0.3) is 0 Å². The molecule has 0 spiro atoms. The number of nitrogens with one attached hydrogen (secondary N) is 1. The molecular weight excluding hydrogens is 394 g/mol. The third-order valence-corrected chi connectivity index (χ3v) is 5.02. The second-order valence-electron chi connectivity index (χ2n) is 5.82. The van der Waals surface area contributed by atoms with Gasteiger partial charge in [-0.3, -0.25) is 10.2 Å². The zero-order valence-electron chi connectivity index (χ0n) is 14.9. The number of aromatic nitrogens is 2. The highest BCUT2D eigenvalue weighted by molar-refractivity contribution is 8.03. The number of aliphatic hydroxyl groups excluding tert-OH is 3. The molecule has 4 atom stereocenters. The molecule has 1 fully saturated rings. The van der Waals surface area contributed by atoms with E-state index in [1.165, 1.54) is 4.90 Å². The highest BCUT2D eigenvalue weighted by Gasteiger charge is 2.49. The van der Waals surface area contributed by atoms with Crippen LogP contribution in [0.1, 0.15) is 6.92 Å². The minimum atomic E-state index is -1.31. The summed E-state index contributed by atoms with van der Waals surface area (Å²) in [6, 6.07) is 0. The number of hydrogen-bond acceptors (Lipinski definition) is 12. The Morgan fingerprint density at radius 3 is 2.82 bits per heavy atom. The van der Waals surface area contributed by atoms with E-state index in [1.807, 2.05) is 0 Å². The van der Waals surface area contributed by atoms with Crippen LogP contribution in [0.5, 0.6) is 5.88 Å². The highest BCUT2D eigenvalue weighted by atomic mass is 32.2. The van der Waals surface area contributed by atoms with Gasteiger partial charge in [0.2, 0.25) is 11.8 Å². The first-order valence-corrected chi connectivity index (χ1v) is 9.18. The van der Waals surface area contributed by atoms with Gasteiger partial charge < -0.3 is 35.3 Å². The molecule has 0 unspecified atom stereocenters. The fourth-order valence-electron chi connectivity index (χ4n) is 2.77. The van der Waals surface area contributed by atoms with Crippen molar-refractivity contribution < 1.29 is 34.3 Å². The number of aliphatic hydroxyl groups is 3. The largest absolute Gasteiger partial charge is 0.455 e. The fraction of sp³-hybridized carbons (Fsp3) is 0.533. The second-order valence-corrected chi connectivity index (χ2v) is 6.90. The first kappa shape index (κ1) is 20.4. The van der Waals surface area contributed by atoms with Crippen LogP contribution < -0.4 is 20.7 Å². The second kappa shape index (κ2) is 8.36. The Labute approximate surface area is 164 Å². The number of carbonyl (C=O) groups is 1. The molecule has 0 aliphatic carbocycles. The van der Waals surface area contributed by atoms with Crippen molar-refractivity contribution in [3.8, 4) is 5.88 Å². The van der Waals surface area contributed by atoms with Gasteiger partial charge in [0.15, 0.2) is 18.8 Å². The number of rotatable bonds is 6. The summed E-state index contributed by atoms with van der Waals surface area (Å²) in [5.41, 5.74) is 5.76. The lowest BCUT2D eigenvalue weighted by Gasteiger charge is -2.27. The molecule has 3 rings (SSSR count). The number of amides is 1. The average molecular weight is 415 g/mol. The smallest absolute Gasteiger partial charge is 0.409 e. The summed E-state index contributed by atoms with van der Waals surface area (Å²) in [6.07, 6.45) is -5.22. The molecule has 1 saturated heterocycles. The maximum absolute atomic E-state index is 11.4. The Hall–Kier alpha value is -2.32. The molecule has 13 heteroatoms. The van der Waals surface area contributed by atoms with E-state index >= 15 is 0 Å². The summed E-state index contributed by atoms with van der Waals surface area (Å²) in [5.74, 6) is 0.250. The van der Waals surface area contributed by atoms with Crippen LogP contribution in [0.2, 0.25) is 0 Å². The van der Waals surface area contributed by atoms with Crippen molar-refractivity contribution in [2.45, 2.75) is 36.4 Å². The Morgan fingerprint density at radius 1 is 1.43 bits per heavy atom. The van der Waals surface area contributed by atoms with Gasteiger partial charge in [-0.2, -0.15) is 9.97 Å². The van der Waals surface area contributed by atoms with E-state index in [2.05, 4.69) is 21.9 Å². The lowest BCUT2D eigenvalue weighted by molar-refractivity contribution is -0.0205. The topological polar surface area (TPSA) is 173 Å². The van der Waals surface area contributed by atoms with Crippen molar-refractivity contribution in [1.82, 2.24) is 15.3 Å². The standard InChI is InChI=1S/C15H21N5O7S/c1-3-25-15(24)17-5-26-12-10-11(18-14(16)19-12)20(6(2)28-10)13-9(23)8(22)7(4-21)27-13/h7-9,13,21-23H,2-5H2,1H3,(H,17,24)(H2,16,18,19)/t7-,8-,9-,13-/m1/s1. The Morgan fingerprint density at radius 2 is 2.18 bits per heavy atom. The molecule has 2 aliphatic heterocycles. The quantitative estimate of drug-likeness (QED) is 0.358. The Kier molecular flexibility index (Phi) is 6.10. The SMILES string of the molecule is C=C1Sc2c(OCNC(=O)OCC)nc(N)nc2N1[C@@H]1O[C@H](CO)[C@@H](O)[C@H]1O. The van der Waals surface area contributed by atoms with Crippen molar-refractivity contribution >= 4 is 29.6 Å². The van der Waals surface area contributed by atoms with E-state index in [0.717, 1.165) is 11.8 Å². The molecule has 154 valence electrons. The normalized spacial score (nSPS) is 26.3. The first-order chi connectivity index (χ1) is 13.4. The summed E-state index contributed by atoms with van der Waals surface area (Å²) in [5, 5.41) is 32.4. The number of nitrogens with two attached hydrogens (primary N) is 1. The Bertz CT molecular complexity index is 767. The van der Waals surface area contributed by atoms with Crippen LogP contribution in [0, 0.1) is 0 Å². The minimum Gasteiger partial charge on any atom is -0.455 e. The number of fused-ring (bicyclic) bond motifs is 1. The van der Waals surface area contributed by atoms with Crippen molar-refractivity contribution in [3.05, 3.63) is 11.6 Å². The molecule has 2 aliphatic rings. The molecule has 1 aromatic heterocycles. The fourth-order valence-corrected chi connectivity index (χ4v) is 3.72. The summed E-state index contributed by atoms with van der Waals surface area (Å²) >= 11 is 1.15. The van der Waals surface area contributed by atoms with Crippen molar-refractivity contribution in [3.63, 3.8) is 0 Å². The van der Waals surface area contributed by atoms with Crippen LogP contribution in [0.3, 0.4) is 0 Å². The lowest BCUT2D eigenvalue weighted by atomic mass is 10.1. The number of ether oxygens (including phenoxy) is 3. The van der Waals surface area contributed by atoms with Gasteiger partial charge in [-0.15, -0.1) is 0 Å². The summed E-state index contributed by atoms with van der Waals surface area (Å²) in [6.45, 7) is 5.12. The summed E-state index contributed by atoms with van der Waals surface area (Å²) < 4.78 is 15.8. The minimum absolute atomic E-state index is 0.0969. The highest BCUT2D eigenvalue weighted by Crippen LogP contribution is 2.50. The lowest BCUT2D eigenvalue weighted by Crippen LogP contribution is -2.42. The van der Waals surface area contributed by atoms with E-state index in [-0.39, 0.29) is 31.0 Å². The van der Waals surface area contributed by atoms with E-state index in [1.54, 1.807) is 6.92 Å². The van der Waals surface area contributed by atoms with Gasteiger partial charge in [-0.25, -0.2) is 4.79 Å². The molecule has 12 nitrogen and oxygen atoms in total. The monoisotopic (exact) mass is 415 g/mol. The molecular formula is C15H21N5O7S. The van der Waals surface area contributed by atoms with Gasteiger partial charge in [0, 0.05) is 0 Å². The molecule has 1 amide bonds. The summed E-state index contributed by atoms with van der Waals surface area (Å²) in [4.78, 5) is 21.4. The molecule has 6 N–H and O–H groups in total. The van der Waals surface area contributed by atoms with Crippen LogP contribution in [-0.2, 0) is 9.47 Å². The molecule has 0 radical (unpaired) electrons. The number of nitrogens with zero attached hydrogens (tertiary/aromatic N) is 3. The van der Waals surface area contributed by atoms with Crippen LogP contribution in [0.4, 0.5) is 16.6 Å². The van der Waals surface area contributed by atoms with Crippen molar-refractivity contribution in [2.75, 3.05) is 30.6 Å². The first-order valence-electron chi connectivity index (χ1n) is 8.36. The number of carbonyl (C=O) groups excluding carboxylic acids is 1. The molecule has 1 aromatic rings. The predicted molar refractivity (Wildman–Crippen MR) is 97.3 cm³/mol. The average Bonchev–Trinajstić information content (AvgIpc) is 3.11. The number of nitrogen functional groups attached to an aromatic ring is 1. The maximum atomic E-state index is 11.4. The zero-order chi connectivity index (χ0) is 20.4. The number of hydrogen-bond donors (Lipinski definition) is 5. The van der Waals surface area contributed by atoms with Crippen LogP contribution in [-0.4, -0.2) is 75.9 Å². The van der Waals surface area contributed by atoms with E-state index in [0.29, 0.717) is 9.92 Å². The predicted octanol–water partition coefficient (Wildman–Crippen LogP) is -1.04. The Balaban J connectivity index is 1.82. The number of thioether (sulfide) groups is 1. The maximum Gasteiger partial charge on any atom is 0.409 e. The summed E-state index contributed by atoms with van der Waals surface area (Å²) in [7, 11) is 0. The number of alkyl carbamates (subject to hydrolysis) is 1. The third kappa shape index (κ3) is 3.79. The van der Waals surface area contributed by atoms with E-state index in [4.69, 9.17) is 19.9 Å². The zero-order valence-corrected chi connectivity index (χ0v) is 15.8. The van der Waals surface area contributed by atoms with E-state index < -0.39 is 37.2 Å². The molecule has 0 bridgehead atoms.